The third kappa shape index (κ3) is 3.94. The lowest BCUT2D eigenvalue weighted by Gasteiger charge is -2.17. The molecular formula is C14H15BrINO3. The van der Waals surface area contributed by atoms with E-state index in [2.05, 4.69) is 38.5 Å². The molecule has 1 heterocycles. The van der Waals surface area contributed by atoms with Crippen molar-refractivity contribution in [2.24, 2.45) is 5.92 Å². The smallest absolute Gasteiger partial charge is 0.303 e. The summed E-state index contributed by atoms with van der Waals surface area (Å²) < 4.78 is 1.83. The number of aliphatic carboxylic acids is 1. The average Bonchev–Trinajstić information content (AvgIpc) is 2.87. The number of carbonyl (C=O) groups is 2. The molecule has 4 nitrogen and oxygen atoms in total. The van der Waals surface area contributed by atoms with Gasteiger partial charge >= 0.3 is 5.97 Å². The van der Waals surface area contributed by atoms with Crippen LogP contribution in [0.4, 0.5) is 0 Å². The van der Waals surface area contributed by atoms with Crippen LogP contribution in [0.2, 0.25) is 0 Å². The summed E-state index contributed by atoms with van der Waals surface area (Å²) >= 11 is 5.60. The van der Waals surface area contributed by atoms with Crippen molar-refractivity contribution in [1.29, 1.82) is 0 Å². The van der Waals surface area contributed by atoms with Crippen LogP contribution in [-0.4, -0.2) is 35.0 Å². The Morgan fingerprint density at radius 1 is 1.45 bits per heavy atom. The van der Waals surface area contributed by atoms with Crippen LogP contribution in [0.1, 0.15) is 29.6 Å². The summed E-state index contributed by atoms with van der Waals surface area (Å²) in [6.07, 6.45) is 1.72. The maximum atomic E-state index is 12.5. The highest BCUT2D eigenvalue weighted by Gasteiger charge is 2.28. The fourth-order valence-electron chi connectivity index (χ4n) is 2.41. The molecule has 0 aromatic heterocycles. The van der Waals surface area contributed by atoms with E-state index in [1.165, 1.54) is 0 Å². The van der Waals surface area contributed by atoms with Crippen LogP contribution in [0.3, 0.4) is 0 Å². The quantitative estimate of drug-likeness (QED) is 0.714. The second-order valence-corrected chi connectivity index (χ2v) is 7.06. The molecule has 1 aromatic carbocycles. The van der Waals surface area contributed by atoms with Crippen LogP contribution in [0.5, 0.6) is 0 Å². The topological polar surface area (TPSA) is 57.6 Å². The molecule has 1 aromatic rings. The van der Waals surface area contributed by atoms with E-state index in [1.54, 1.807) is 0 Å². The van der Waals surface area contributed by atoms with E-state index < -0.39 is 5.97 Å². The van der Waals surface area contributed by atoms with Gasteiger partial charge in [-0.2, -0.15) is 0 Å². The van der Waals surface area contributed by atoms with Gasteiger partial charge < -0.3 is 10.0 Å². The molecule has 1 aliphatic heterocycles. The fraction of sp³-hybridized carbons (Fsp3) is 0.429. The molecule has 1 aliphatic rings. The standard InChI is InChI=1S/C14H15BrINO3/c15-12-3-2-10(16)7-11(12)14(20)17-6-5-9(8-17)1-4-13(18)19/h2-3,7,9H,1,4-6,8H2,(H,18,19). The fourth-order valence-corrected chi connectivity index (χ4v) is 3.32. The molecule has 0 radical (unpaired) electrons. The summed E-state index contributed by atoms with van der Waals surface area (Å²) in [5.41, 5.74) is 0.677. The summed E-state index contributed by atoms with van der Waals surface area (Å²) in [6, 6.07) is 5.70. The van der Waals surface area contributed by atoms with Gasteiger partial charge in [0.15, 0.2) is 0 Å². The van der Waals surface area contributed by atoms with Gasteiger partial charge in [0.25, 0.3) is 5.91 Å². The predicted molar refractivity (Wildman–Crippen MR) is 87.7 cm³/mol. The Morgan fingerprint density at radius 2 is 2.20 bits per heavy atom. The molecule has 1 saturated heterocycles. The number of nitrogens with zero attached hydrogens (tertiary/aromatic N) is 1. The first kappa shape index (κ1) is 15.8. The van der Waals surface area contributed by atoms with Crippen LogP contribution in [0.25, 0.3) is 0 Å². The van der Waals surface area contributed by atoms with Gasteiger partial charge in [-0.15, -0.1) is 0 Å². The van der Waals surface area contributed by atoms with Crippen LogP contribution < -0.4 is 0 Å². The van der Waals surface area contributed by atoms with Gasteiger partial charge in [-0.3, -0.25) is 9.59 Å². The van der Waals surface area contributed by atoms with Crippen LogP contribution in [-0.2, 0) is 4.79 Å². The van der Waals surface area contributed by atoms with Crippen molar-refractivity contribution in [2.75, 3.05) is 13.1 Å². The summed E-state index contributed by atoms with van der Waals surface area (Å²) in [5.74, 6) is -0.444. The molecule has 1 atom stereocenters. The van der Waals surface area contributed by atoms with Crippen LogP contribution in [0.15, 0.2) is 22.7 Å². The number of carboxylic acid groups (broad SMARTS) is 1. The van der Waals surface area contributed by atoms with E-state index in [0.29, 0.717) is 31.0 Å². The van der Waals surface area contributed by atoms with E-state index in [9.17, 15) is 9.59 Å². The number of hydrogen-bond donors (Lipinski definition) is 1. The number of likely N-dealkylation sites (tertiary alicyclic amines) is 1. The largest absolute Gasteiger partial charge is 0.481 e. The summed E-state index contributed by atoms with van der Waals surface area (Å²) in [7, 11) is 0. The normalized spacial score (nSPS) is 18.3. The second-order valence-electron chi connectivity index (χ2n) is 4.96. The van der Waals surface area contributed by atoms with Crippen molar-refractivity contribution in [1.82, 2.24) is 4.90 Å². The Bertz CT molecular complexity index is 535. The molecule has 6 heteroatoms. The van der Waals surface area contributed by atoms with Crippen molar-refractivity contribution in [3.8, 4) is 0 Å². The van der Waals surface area contributed by atoms with Crippen molar-refractivity contribution in [2.45, 2.75) is 19.3 Å². The molecule has 1 amide bonds. The molecule has 0 saturated carbocycles. The van der Waals surface area contributed by atoms with E-state index in [0.717, 1.165) is 14.5 Å². The third-order valence-electron chi connectivity index (χ3n) is 3.50. The van der Waals surface area contributed by atoms with Crippen molar-refractivity contribution in [3.05, 3.63) is 31.8 Å². The summed E-state index contributed by atoms with van der Waals surface area (Å²) in [5, 5.41) is 8.71. The van der Waals surface area contributed by atoms with E-state index in [-0.39, 0.29) is 12.3 Å². The predicted octanol–water partition coefficient (Wildman–Crippen LogP) is 3.38. The zero-order valence-corrected chi connectivity index (χ0v) is 14.6. The minimum absolute atomic E-state index is 0.0215. The number of amides is 1. The van der Waals surface area contributed by atoms with E-state index in [1.807, 2.05) is 23.1 Å². The van der Waals surface area contributed by atoms with E-state index in [4.69, 9.17) is 5.11 Å². The first-order valence-electron chi connectivity index (χ1n) is 6.43. The molecule has 1 unspecified atom stereocenters. The monoisotopic (exact) mass is 451 g/mol. The van der Waals surface area contributed by atoms with Gasteiger partial charge in [0.2, 0.25) is 0 Å². The summed E-state index contributed by atoms with van der Waals surface area (Å²) in [6.45, 7) is 1.37. The van der Waals surface area contributed by atoms with Gasteiger partial charge in [0.1, 0.15) is 0 Å². The highest BCUT2D eigenvalue weighted by molar-refractivity contribution is 14.1. The molecular weight excluding hydrogens is 437 g/mol. The van der Waals surface area contributed by atoms with Crippen molar-refractivity contribution >= 4 is 50.4 Å². The zero-order chi connectivity index (χ0) is 14.7. The number of carbonyl (C=O) groups excluding carboxylic acids is 1. The number of hydrogen-bond acceptors (Lipinski definition) is 2. The Hall–Kier alpha value is -0.630. The van der Waals surface area contributed by atoms with Gasteiger partial charge in [-0.1, -0.05) is 0 Å². The van der Waals surface area contributed by atoms with Crippen molar-refractivity contribution < 1.29 is 14.7 Å². The highest BCUT2D eigenvalue weighted by Crippen LogP contribution is 2.26. The molecule has 0 bridgehead atoms. The third-order valence-corrected chi connectivity index (χ3v) is 4.86. The van der Waals surface area contributed by atoms with Gasteiger partial charge in [0.05, 0.1) is 5.56 Å². The maximum absolute atomic E-state index is 12.5. The first-order chi connectivity index (χ1) is 9.47. The lowest BCUT2D eigenvalue weighted by atomic mass is 10.0. The maximum Gasteiger partial charge on any atom is 0.303 e. The van der Waals surface area contributed by atoms with Crippen molar-refractivity contribution in [3.63, 3.8) is 0 Å². The number of benzene rings is 1. The Morgan fingerprint density at radius 3 is 2.90 bits per heavy atom. The first-order valence-corrected chi connectivity index (χ1v) is 8.30. The molecule has 0 spiro atoms. The number of rotatable bonds is 4. The lowest BCUT2D eigenvalue weighted by molar-refractivity contribution is -0.137. The highest BCUT2D eigenvalue weighted by atomic mass is 127. The lowest BCUT2D eigenvalue weighted by Crippen LogP contribution is -2.29. The van der Waals surface area contributed by atoms with E-state index >= 15 is 0 Å². The van der Waals surface area contributed by atoms with Gasteiger partial charge in [0, 0.05) is 27.6 Å². The van der Waals surface area contributed by atoms with Crippen LogP contribution in [0, 0.1) is 9.49 Å². The van der Waals surface area contributed by atoms with Gasteiger partial charge in [-0.05, 0) is 75.5 Å². The second kappa shape index (κ2) is 6.89. The Balaban J connectivity index is 2.00. The molecule has 1 fully saturated rings. The molecule has 20 heavy (non-hydrogen) atoms. The molecule has 0 aliphatic carbocycles. The van der Waals surface area contributed by atoms with Crippen LogP contribution >= 0.6 is 38.5 Å². The molecule has 1 N–H and O–H groups in total. The number of halogens is 2. The Labute approximate surface area is 139 Å². The van der Waals surface area contributed by atoms with Gasteiger partial charge in [-0.25, -0.2) is 0 Å². The Kier molecular flexibility index (Phi) is 5.42. The summed E-state index contributed by atoms with van der Waals surface area (Å²) in [4.78, 5) is 24.9. The average molecular weight is 452 g/mol. The number of carboxylic acids is 1. The SMILES string of the molecule is O=C(O)CCC1CCN(C(=O)c2cc(I)ccc2Br)C1. The minimum Gasteiger partial charge on any atom is -0.481 e. The minimum atomic E-state index is -0.768. The zero-order valence-electron chi connectivity index (χ0n) is 10.8. The molecule has 108 valence electrons. The molecule has 2 rings (SSSR count).